The first-order valence-corrected chi connectivity index (χ1v) is 6.15. The van der Waals surface area contributed by atoms with Gasteiger partial charge in [-0.05, 0) is 19.1 Å². The van der Waals surface area contributed by atoms with E-state index in [2.05, 4.69) is 15.4 Å². The molecule has 2 heterocycles. The Labute approximate surface area is 114 Å². The summed E-state index contributed by atoms with van der Waals surface area (Å²) in [4.78, 5) is 4.29. The van der Waals surface area contributed by atoms with Crippen LogP contribution in [0, 0.1) is 12.7 Å². The Bertz CT molecular complexity index is 769. The minimum atomic E-state index is -0.647. The number of fused-ring (bicyclic) bond motifs is 1. The normalized spacial score (nSPS) is 10.9. The van der Waals surface area contributed by atoms with Crippen LogP contribution in [0.15, 0.2) is 36.7 Å². The molecule has 5 nitrogen and oxygen atoms in total. The third-order valence-electron chi connectivity index (χ3n) is 2.93. The van der Waals surface area contributed by atoms with E-state index in [0.29, 0.717) is 12.2 Å². The molecule has 0 atom stereocenters. The van der Waals surface area contributed by atoms with E-state index in [1.165, 1.54) is 12.1 Å². The number of nitrogens with one attached hydrogen (secondary N) is 1. The molecule has 3 aromatic rings. The van der Waals surface area contributed by atoms with Gasteiger partial charge in [0.1, 0.15) is 0 Å². The molecule has 3 rings (SSSR count). The lowest BCUT2D eigenvalue weighted by atomic mass is 10.2. The zero-order valence-electron chi connectivity index (χ0n) is 10.8. The van der Waals surface area contributed by atoms with E-state index in [-0.39, 0.29) is 5.75 Å². The highest BCUT2D eigenvalue weighted by Gasteiger charge is 2.03. The predicted octanol–water partition coefficient (Wildman–Crippen LogP) is 2.49. The van der Waals surface area contributed by atoms with Crippen LogP contribution in [0.4, 0.5) is 10.1 Å². The molecule has 0 spiro atoms. The number of aromatic hydroxyl groups is 1. The number of hydrogen-bond donors (Lipinski definition) is 2. The van der Waals surface area contributed by atoms with Gasteiger partial charge in [-0.1, -0.05) is 0 Å². The highest BCUT2D eigenvalue weighted by atomic mass is 19.1. The fourth-order valence-electron chi connectivity index (χ4n) is 1.95. The molecule has 0 saturated heterocycles. The van der Waals surface area contributed by atoms with E-state index in [0.717, 1.165) is 16.9 Å². The number of phenolic OH excluding ortho intramolecular Hbond substituents is 1. The molecule has 2 N–H and O–H groups in total. The first-order valence-electron chi connectivity index (χ1n) is 6.15. The number of phenols is 1. The van der Waals surface area contributed by atoms with Gasteiger partial charge in [-0.2, -0.15) is 5.10 Å². The third kappa shape index (κ3) is 2.40. The van der Waals surface area contributed by atoms with Crippen molar-refractivity contribution in [3.63, 3.8) is 0 Å². The van der Waals surface area contributed by atoms with E-state index in [9.17, 15) is 4.39 Å². The average Bonchev–Trinajstić information content (AvgIpc) is 2.79. The fourth-order valence-corrected chi connectivity index (χ4v) is 1.95. The number of anilines is 1. The quantitative estimate of drug-likeness (QED) is 0.719. The van der Waals surface area contributed by atoms with Crippen molar-refractivity contribution in [2.75, 3.05) is 5.32 Å². The largest absolute Gasteiger partial charge is 0.505 e. The number of benzene rings is 1. The molecule has 0 radical (unpaired) electrons. The van der Waals surface area contributed by atoms with E-state index in [1.54, 1.807) is 16.8 Å². The highest BCUT2D eigenvalue weighted by molar-refractivity contribution is 5.47. The van der Waals surface area contributed by atoms with Crippen molar-refractivity contribution in [3.05, 3.63) is 53.7 Å². The summed E-state index contributed by atoms with van der Waals surface area (Å²) in [7, 11) is 0. The zero-order valence-corrected chi connectivity index (χ0v) is 10.8. The third-order valence-corrected chi connectivity index (χ3v) is 2.93. The van der Waals surface area contributed by atoms with Crippen LogP contribution in [0.25, 0.3) is 5.65 Å². The SMILES string of the molecule is Cc1cc2ncc(CNc3ccc(O)c(F)c3)cn2n1. The maximum atomic E-state index is 13.2. The van der Waals surface area contributed by atoms with Crippen molar-refractivity contribution in [2.24, 2.45) is 0 Å². The molecule has 2 aromatic heterocycles. The summed E-state index contributed by atoms with van der Waals surface area (Å²) in [5.41, 5.74) is 3.22. The Morgan fingerprint density at radius 2 is 2.20 bits per heavy atom. The maximum Gasteiger partial charge on any atom is 0.166 e. The number of nitrogens with zero attached hydrogens (tertiary/aromatic N) is 3. The van der Waals surface area contributed by atoms with Gasteiger partial charge in [0.25, 0.3) is 0 Å². The molecule has 0 fully saturated rings. The van der Waals surface area contributed by atoms with E-state index in [4.69, 9.17) is 5.11 Å². The van der Waals surface area contributed by atoms with E-state index < -0.39 is 5.82 Å². The van der Waals surface area contributed by atoms with Gasteiger partial charge in [-0.3, -0.25) is 0 Å². The first kappa shape index (κ1) is 12.4. The molecule has 0 aliphatic heterocycles. The summed E-state index contributed by atoms with van der Waals surface area (Å²) in [6.45, 7) is 2.40. The highest BCUT2D eigenvalue weighted by Crippen LogP contribution is 2.19. The van der Waals surface area contributed by atoms with Gasteiger partial charge in [-0.15, -0.1) is 0 Å². The molecule has 0 saturated carbocycles. The number of hydrogen-bond acceptors (Lipinski definition) is 4. The topological polar surface area (TPSA) is 62.5 Å². The van der Waals surface area contributed by atoms with Crippen molar-refractivity contribution < 1.29 is 9.50 Å². The Morgan fingerprint density at radius 3 is 3.00 bits per heavy atom. The Hall–Kier alpha value is -2.63. The van der Waals surface area contributed by atoms with E-state index in [1.807, 2.05) is 19.2 Å². The van der Waals surface area contributed by atoms with Crippen LogP contribution < -0.4 is 5.32 Å². The van der Waals surface area contributed by atoms with Crippen LogP contribution in [0.1, 0.15) is 11.3 Å². The molecular formula is C14H13FN4O. The second-order valence-electron chi connectivity index (χ2n) is 4.57. The standard InChI is InChI=1S/C14H13FN4O/c1-9-4-14-17-7-10(8-19(14)18-9)6-16-11-2-3-13(20)12(15)5-11/h2-5,7-8,16,20H,6H2,1H3. The average molecular weight is 272 g/mol. The van der Waals surface area contributed by atoms with Crippen LogP contribution in [-0.2, 0) is 6.54 Å². The number of aryl methyl sites for hydroxylation is 1. The molecule has 0 unspecified atom stereocenters. The second-order valence-corrected chi connectivity index (χ2v) is 4.57. The van der Waals surface area contributed by atoms with Gasteiger partial charge in [0.15, 0.2) is 17.2 Å². The summed E-state index contributed by atoms with van der Waals surface area (Å²) < 4.78 is 14.9. The fraction of sp³-hybridized carbons (Fsp3) is 0.143. The Balaban J connectivity index is 1.77. The Morgan fingerprint density at radius 1 is 1.35 bits per heavy atom. The lowest BCUT2D eigenvalue weighted by molar-refractivity contribution is 0.432. The lowest BCUT2D eigenvalue weighted by Crippen LogP contribution is -2.02. The lowest BCUT2D eigenvalue weighted by Gasteiger charge is -2.07. The summed E-state index contributed by atoms with van der Waals surface area (Å²) in [5, 5.41) is 16.5. The minimum absolute atomic E-state index is 0.356. The van der Waals surface area contributed by atoms with Gasteiger partial charge < -0.3 is 10.4 Å². The summed E-state index contributed by atoms with van der Waals surface area (Å²) in [5.74, 6) is -1.00. The minimum Gasteiger partial charge on any atom is -0.505 e. The molecule has 0 aliphatic rings. The van der Waals surface area contributed by atoms with Crippen LogP contribution in [0.5, 0.6) is 5.75 Å². The van der Waals surface area contributed by atoms with Crippen LogP contribution in [0.2, 0.25) is 0 Å². The summed E-state index contributed by atoms with van der Waals surface area (Å²) in [6, 6.07) is 6.07. The molecular weight excluding hydrogens is 259 g/mol. The van der Waals surface area contributed by atoms with Crippen LogP contribution in [-0.4, -0.2) is 19.7 Å². The predicted molar refractivity (Wildman–Crippen MR) is 73.1 cm³/mol. The van der Waals surface area contributed by atoms with Crippen molar-refractivity contribution in [2.45, 2.75) is 13.5 Å². The van der Waals surface area contributed by atoms with Crippen molar-refractivity contribution >= 4 is 11.3 Å². The smallest absolute Gasteiger partial charge is 0.166 e. The van der Waals surface area contributed by atoms with Gasteiger partial charge in [-0.25, -0.2) is 13.9 Å². The van der Waals surface area contributed by atoms with E-state index >= 15 is 0 Å². The van der Waals surface area contributed by atoms with Gasteiger partial charge >= 0.3 is 0 Å². The first-order chi connectivity index (χ1) is 9.61. The van der Waals surface area contributed by atoms with Gasteiger partial charge in [0, 0.05) is 42.3 Å². The molecule has 6 heteroatoms. The number of rotatable bonds is 3. The van der Waals surface area contributed by atoms with Crippen molar-refractivity contribution in [1.82, 2.24) is 14.6 Å². The van der Waals surface area contributed by atoms with Crippen LogP contribution >= 0.6 is 0 Å². The summed E-state index contributed by atoms with van der Waals surface area (Å²) >= 11 is 0. The Kier molecular flexibility index (Phi) is 2.98. The maximum absolute atomic E-state index is 13.2. The summed E-state index contributed by atoms with van der Waals surface area (Å²) in [6.07, 6.45) is 3.62. The van der Waals surface area contributed by atoms with Crippen molar-refractivity contribution in [1.29, 1.82) is 0 Å². The second kappa shape index (κ2) is 4.80. The van der Waals surface area contributed by atoms with Gasteiger partial charge in [0.2, 0.25) is 0 Å². The molecule has 0 bridgehead atoms. The van der Waals surface area contributed by atoms with Crippen molar-refractivity contribution in [3.8, 4) is 5.75 Å². The zero-order chi connectivity index (χ0) is 14.1. The van der Waals surface area contributed by atoms with Gasteiger partial charge in [0.05, 0.1) is 5.69 Å². The molecule has 0 aliphatic carbocycles. The molecule has 20 heavy (non-hydrogen) atoms. The van der Waals surface area contributed by atoms with Crippen LogP contribution in [0.3, 0.4) is 0 Å². The molecule has 102 valence electrons. The molecule has 0 amide bonds. The number of aromatic nitrogens is 3. The number of halogens is 1. The monoisotopic (exact) mass is 272 g/mol. The molecule has 1 aromatic carbocycles.